The van der Waals surface area contributed by atoms with E-state index in [-0.39, 0.29) is 6.10 Å². The number of para-hydroxylation sites is 1. The summed E-state index contributed by atoms with van der Waals surface area (Å²) in [5.41, 5.74) is 0.850. The van der Waals surface area contributed by atoms with Crippen LogP contribution < -0.4 is 9.47 Å². The Morgan fingerprint density at radius 2 is 1.83 bits per heavy atom. The first-order valence-electron chi connectivity index (χ1n) is 8.20. The van der Waals surface area contributed by atoms with Crippen LogP contribution in [0.1, 0.15) is 32.8 Å². The molecule has 0 saturated carbocycles. The van der Waals surface area contributed by atoms with Gasteiger partial charge in [-0.25, -0.2) is 0 Å². The molecule has 1 aliphatic rings. The van der Waals surface area contributed by atoms with Crippen molar-refractivity contribution in [1.29, 1.82) is 0 Å². The molecule has 1 fully saturated rings. The molecule has 4 atom stereocenters. The lowest BCUT2D eigenvalue weighted by molar-refractivity contribution is 0.0195. The molecule has 2 rings (SSSR count). The minimum atomic E-state index is -0.915. The third-order valence-corrected chi connectivity index (χ3v) is 3.87. The smallest absolute Gasteiger partial charge is 0.168 e. The van der Waals surface area contributed by atoms with Gasteiger partial charge in [0, 0.05) is 5.56 Å². The van der Waals surface area contributed by atoms with Crippen LogP contribution in [-0.4, -0.2) is 47.8 Å². The van der Waals surface area contributed by atoms with Crippen LogP contribution in [0.3, 0.4) is 0 Å². The first-order valence-corrected chi connectivity index (χ1v) is 8.20. The van der Waals surface area contributed by atoms with Crippen LogP contribution >= 0.6 is 0 Å². The number of rotatable bonds is 7. The number of aliphatic hydroxyl groups excluding tert-OH is 2. The highest BCUT2D eigenvalue weighted by molar-refractivity contribution is 5.62. The maximum Gasteiger partial charge on any atom is 0.168 e. The third-order valence-electron chi connectivity index (χ3n) is 3.87. The highest BCUT2D eigenvalue weighted by atomic mass is 16.5. The number of hydrogen-bond donors (Lipinski definition) is 2. The van der Waals surface area contributed by atoms with E-state index < -0.39 is 18.3 Å². The minimum absolute atomic E-state index is 0.333. The molecule has 0 radical (unpaired) electrons. The molecule has 0 spiro atoms. The molecule has 1 heterocycles. The van der Waals surface area contributed by atoms with Crippen molar-refractivity contribution in [2.24, 2.45) is 0 Å². The standard InChI is InChI=1S/C18H26O5/c1-4-13-16(19)17(20)14(23-13)11-10-12-8-7-9-15(21-5-2)18(12)22-6-3/h7-11,13-14,16-17,19-20H,4-6H2,1-3H3/b11-10+/t13-,14+,16-,17+/m0/s1. The molecule has 5 heteroatoms. The Hall–Kier alpha value is -1.56. The Bertz CT molecular complexity index is 528. The summed E-state index contributed by atoms with van der Waals surface area (Å²) in [5, 5.41) is 20.0. The van der Waals surface area contributed by atoms with Gasteiger partial charge in [0.25, 0.3) is 0 Å². The summed E-state index contributed by atoms with van der Waals surface area (Å²) in [4.78, 5) is 0. The van der Waals surface area contributed by atoms with Crippen molar-refractivity contribution in [2.45, 2.75) is 51.6 Å². The van der Waals surface area contributed by atoms with Crippen molar-refractivity contribution in [3.63, 3.8) is 0 Å². The van der Waals surface area contributed by atoms with Crippen LogP contribution in [0.4, 0.5) is 0 Å². The molecule has 0 amide bonds. The van der Waals surface area contributed by atoms with E-state index in [0.717, 1.165) is 5.56 Å². The normalized spacial score (nSPS) is 27.5. The van der Waals surface area contributed by atoms with Gasteiger partial charge in [0.15, 0.2) is 11.5 Å². The molecule has 0 bridgehead atoms. The van der Waals surface area contributed by atoms with Crippen LogP contribution in [0, 0.1) is 0 Å². The molecule has 1 aromatic carbocycles. The van der Waals surface area contributed by atoms with E-state index >= 15 is 0 Å². The molecule has 5 nitrogen and oxygen atoms in total. The van der Waals surface area contributed by atoms with Gasteiger partial charge >= 0.3 is 0 Å². The second-order valence-corrected chi connectivity index (χ2v) is 5.43. The molecule has 2 N–H and O–H groups in total. The number of aliphatic hydroxyl groups is 2. The average molecular weight is 322 g/mol. The highest BCUT2D eigenvalue weighted by Gasteiger charge is 2.40. The average Bonchev–Trinajstić information content (AvgIpc) is 2.83. The van der Waals surface area contributed by atoms with Gasteiger partial charge in [-0.3, -0.25) is 0 Å². The number of hydrogen-bond acceptors (Lipinski definition) is 5. The lowest BCUT2D eigenvalue weighted by Gasteiger charge is -2.14. The first kappa shape index (κ1) is 17.8. The van der Waals surface area contributed by atoms with Gasteiger partial charge in [-0.05, 0) is 26.3 Å². The van der Waals surface area contributed by atoms with Crippen molar-refractivity contribution in [3.8, 4) is 11.5 Å². The van der Waals surface area contributed by atoms with Crippen LogP contribution in [0.25, 0.3) is 6.08 Å². The van der Waals surface area contributed by atoms with Crippen molar-refractivity contribution in [3.05, 3.63) is 29.8 Å². The molecule has 23 heavy (non-hydrogen) atoms. The largest absolute Gasteiger partial charge is 0.490 e. The summed E-state index contributed by atoms with van der Waals surface area (Å²) in [6, 6.07) is 5.67. The lowest BCUT2D eigenvalue weighted by Crippen LogP contribution is -2.31. The highest BCUT2D eigenvalue weighted by Crippen LogP contribution is 2.33. The predicted octanol–water partition coefficient (Wildman–Crippen LogP) is 2.40. The fourth-order valence-corrected chi connectivity index (χ4v) is 2.70. The maximum absolute atomic E-state index is 10.1. The van der Waals surface area contributed by atoms with Gasteiger partial charge in [0.05, 0.1) is 19.3 Å². The van der Waals surface area contributed by atoms with Crippen LogP contribution in [-0.2, 0) is 4.74 Å². The Morgan fingerprint density at radius 3 is 2.43 bits per heavy atom. The van der Waals surface area contributed by atoms with Crippen molar-refractivity contribution >= 4 is 6.08 Å². The van der Waals surface area contributed by atoms with E-state index in [1.807, 2.05) is 45.0 Å². The number of benzene rings is 1. The molecule has 0 aromatic heterocycles. The third kappa shape index (κ3) is 4.05. The minimum Gasteiger partial charge on any atom is -0.490 e. The molecule has 128 valence electrons. The summed E-state index contributed by atoms with van der Waals surface area (Å²) in [6.07, 6.45) is 1.63. The molecule has 0 unspecified atom stereocenters. The monoisotopic (exact) mass is 322 g/mol. The Labute approximate surface area is 137 Å². The molecular weight excluding hydrogens is 296 g/mol. The fourth-order valence-electron chi connectivity index (χ4n) is 2.70. The molecule has 0 aliphatic carbocycles. The quantitative estimate of drug-likeness (QED) is 0.807. The van der Waals surface area contributed by atoms with Gasteiger partial charge in [0.1, 0.15) is 18.3 Å². The fraction of sp³-hybridized carbons (Fsp3) is 0.556. The summed E-state index contributed by atoms with van der Waals surface area (Å²) in [6.45, 7) is 6.85. The van der Waals surface area contributed by atoms with Gasteiger partial charge in [-0.1, -0.05) is 31.2 Å². The molecule has 1 saturated heterocycles. The summed E-state index contributed by atoms with van der Waals surface area (Å²) in [5.74, 6) is 1.36. The number of ether oxygens (including phenoxy) is 3. The van der Waals surface area contributed by atoms with Crippen molar-refractivity contribution in [2.75, 3.05) is 13.2 Å². The summed E-state index contributed by atoms with van der Waals surface area (Å²) >= 11 is 0. The van der Waals surface area contributed by atoms with E-state index in [4.69, 9.17) is 14.2 Å². The Balaban J connectivity index is 2.20. The van der Waals surface area contributed by atoms with Crippen LogP contribution in [0.15, 0.2) is 24.3 Å². The van der Waals surface area contributed by atoms with Crippen LogP contribution in [0.5, 0.6) is 11.5 Å². The second-order valence-electron chi connectivity index (χ2n) is 5.43. The van der Waals surface area contributed by atoms with Crippen molar-refractivity contribution in [1.82, 2.24) is 0 Å². The van der Waals surface area contributed by atoms with E-state index in [9.17, 15) is 10.2 Å². The van der Waals surface area contributed by atoms with E-state index in [2.05, 4.69) is 0 Å². The Morgan fingerprint density at radius 1 is 1.09 bits per heavy atom. The van der Waals surface area contributed by atoms with Gasteiger partial charge in [-0.15, -0.1) is 0 Å². The van der Waals surface area contributed by atoms with Crippen LogP contribution in [0.2, 0.25) is 0 Å². The Kier molecular flexibility index (Phi) is 6.45. The first-order chi connectivity index (χ1) is 11.1. The zero-order chi connectivity index (χ0) is 16.8. The lowest BCUT2D eigenvalue weighted by atomic mass is 10.1. The second kappa shape index (κ2) is 8.34. The molecule has 1 aliphatic heterocycles. The maximum atomic E-state index is 10.1. The molecule has 1 aromatic rings. The van der Waals surface area contributed by atoms with Gasteiger partial charge in [0.2, 0.25) is 0 Å². The SMILES string of the molecule is CCOc1cccc(/C=C/[C@H]2O[C@@H](CC)[C@H](O)[C@@H]2O)c1OCC. The summed E-state index contributed by atoms with van der Waals surface area (Å²) in [7, 11) is 0. The summed E-state index contributed by atoms with van der Waals surface area (Å²) < 4.78 is 17.0. The molecular formula is C18H26O5. The van der Waals surface area contributed by atoms with E-state index in [1.165, 1.54) is 0 Å². The zero-order valence-corrected chi connectivity index (χ0v) is 13.9. The van der Waals surface area contributed by atoms with Gasteiger partial charge in [-0.2, -0.15) is 0 Å². The zero-order valence-electron chi connectivity index (χ0n) is 13.9. The topological polar surface area (TPSA) is 68.2 Å². The van der Waals surface area contributed by atoms with Crippen molar-refractivity contribution < 1.29 is 24.4 Å². The van der Waals surface area contributed by atoms with Gasteiger partial charge < -0.3 is 24.4 Å². The van der Waals surface area contributed by atoms with E-state index in [1.54, 1.807) is 6.08 Å². The predicted molar refractivity (Wildman–Crippen MR) is 88.8 cm³/mol. The van der Waals surface area contributed by atoms with E-state index in [0.29, 0.717) is 31.1 Å².